The van der Waals surface area contributed by atoms with Crippen molar-refractivity contribution in [2.75, 3.05) is 0 Å². The molecule has 1 unspecified atom stereocenters. The van der Waals surface area contributed by atoms with Gasteiger partial charge in [0, 0.05) is 0 Å². The Hall–Kier alpha value is -1.85. The molecular formula is C7H9N3O3. The second-order valence-electron chi connectivity index (χ2n) is 2.46. The van der Waals surface area contributed by atoms with Gasteiger partial charge < -0.3 is 15.5 Å². The first-order chi connectivity index (χ1) is 6.11. The van der Waals surface area contributed by atoms with E-state index in [2.05, 4.69) is 10.3 Å². The number of nitrogens with zero attached hydrogens (tertiary/aromatic N) is 1. The van der Waals surface area contributed by atoms with E-state index in [1.165, 1.54) is 13.1 Å². The maximum absolute atomic E-state index is 11.2. The van der Waals surface area contributed by atoms with Crippen molar-refractivity contribution in [3.63, 3.8) is 0 Å². The van der Waals surface area contributed by atoms with Gasteiger partial charge in [-0.05, 0) is 6.92 Å². The molecule has 1 atom stereocenters. The van der Waals surface area contributed by atoms with E-state index in [4.69, 9.17) is 10.2 Å². The predicted molar refractivity (Wildman–Crippen MR) is 42.6 cm³/mol. The number of oxazole rings is 1. The summed E-state index contributed by atoms with van der Waals surface area (Å²) in [5, 5.41) is 2.33. The van der Waals surface area contributed by atoms with Gasteiger partial charge in [0.2, 0.25) is 11.7 Å². The quantitative estimate of drug-likeness (QED) is 0.645. The van der Waals surface area contributed by atoms with Crippen molar-refractivity contribution in [1.29, 1.82) is 0 Å². The average molecular weight is 183 g/mol. The minimum absolute atomic E-state index is 0.0492. The Bertz CT molecular complexity index is 307. The van der Waals surface area contributed by atoms with Gasteiger partial charge in [-0.15, -0.1) is 0 Å². The van der Waals surface area contributed by atoms with E-state index in [1.807, 2.05) is 0 Å². The molecule has 6 heteroatoms. The molecule has 6 nitrogen and oxygen atoms in total. The minimum atomic E-state index is -0.724. The summed E-state index contributed by atoms with van der Waals surface area (Å²) in [6.07, 6.45) is 2.38. The molecule has 2 amide bonds. The Morgan fingerprint density at radius 3 is 2.85 bits per heavy atom. The monoisotopic (exact) mass is 183 g/mol. The van der Waals surface area contributed by atoms with Gasteiger partial charge >= 0.3 is 0 Å². The van der Waals surface area contributed by atoms with Crippen molar-refractivity contribution in [2.24, 2.45) is 5.73 Å². The van der Waals surface area contributed by atoms with Crippen molar-refractivity contribution < 1.29 is 14.0 Å². The Balaban J connectivity index is 2.56. The SMILES string of the molecule is CC(NC(=O)c1cnco1)C(N)=O. The molecule has 0 saturated carbocycles. The number of hydrogen-bond donors (Lipinski definition) is 2. The number of carbonyl (C=O) groups is 2. The van der Waals surface area contributed by atoms with Gasteiger partial charge in [0.15, 0.2) is 6.39 Å². The molecule has 0 aromatic carbocycles. The van der Waals surface area contributed by atoms with Gasteiger partial charge in [0.25, 0.3) is 5.91 Å². The van der Waals surface area contributed by atoms with Crippen LogP contribution in [0.5, 0.6) is 0 Å². The van der Waals surface area contributed by atoms with Gasteiger partial charge in [0.05, 0.1) is 6.20 Å². The molecule has 1 aromatic rings. The summed E-state index contributed by atoms with van der Waals surface area (Å²) in [4.78, 5) is 25.3. The van der Waals surface area contributed by atoms with Crippen molar-refractivity contribution in [3.05, 3.63) is 18.4 Å². The van der Waals surface area contributed by atoms with Crippen molar-refractivity contribution in [2.45, 2.75) is 13.0 Å². The first-order valence-corrected chi connectivity index (χ1v) is 3.60. The second kappa shape index (κ2) is 3.70. The molecule has 13 heavy (non-hydrogen) atoms. The average Bonchev–Trinajstić information content (AvgIpc) is 2.55. The summed E-state index contributed by atoms with van der Waals surface area (Å²) in [5.41, 5.74) is 4.94. The molecule has 0 bridgehead atoms. The lowest BCUT2D eigenvalue weighted by Gasteiger charge is -2.07. The Labute approximate surface area is 74.1 Å². The molecule has 0 spiro atoms. The van der Waals surface area contributed by atoms with E-state index in [-0.39, 0.29) is 5.76 Å². The highest BCUT2D eigenvalue weighted by molar-refractivity contribution is 5.94. The van der Waals surface area contributed by atoms with Crippen LogP contribution in [-0.2, 0) is 4.79 Å². The van der Waals surface area contributed by atoms with Crippen LogP contribution in [0, 0.1) is 0 Å². The largest absolute Gasteiger partial charge is 0.438 e. The Kier molecular flexibility index (Phi) is 2.63. The van der Waals surface area contributed by atoms with Crippen LogP contribution >= 0.6 is 0 Å². The van der Waals surface area contributed by atoms with Crippen LogP contribution < -0.4 is 11.1 Å². The first kappa shape index (κ1) is 9.24. The van der Waals surface area contributed by atoms with Crippen molar-refractivity contribution >= 4 is 11.8 Å². The van der Waals surface area contributed by atoms with Crippen LogP contribution in [0.3, 0.4) is 0 Å². The zero-order chi connectivity index (χ0) is 9.84. The van der Waals surface area contributed by atoms with Gasteiger partial charge in [-0.25, -0.2) is 4.98 Å². The molecule has 0 radical (unpaired) electrons. The first-order valence-electron chi connectivity index (χ1n) is 3.60. The third-order valence-corrected chi connectivity index (χ3v) is 1.43. The molecule has 1 rings (SSSR count). The summed E-state index contributed by atoms with van der Waals surface area (Å²) >= 11 is 0. The van der Waals surface area contributed by atoms with Crippen LogP contribution in [0.1, 0.15) is 17.5 Å². The molecule has 3 N–H and O–H groups in total. The van der Waals surface area contributed by atoms with E-state index in [9.17, 15) is 9.59 Å². The van der Waals surface area contributed by atoms with Crippen LogP contribution in [0.4, 0.5) is 0 Å². The summed E-state index contributed by atoms with van der Waals surface area (Å²) in [7, 11) is 0. The van der Waals surface area contributed by atoms with Crippen LogP contribution in [-0.4, -0.2) is 22.8 Å². The lowest BCUT2D eigenvalue weighted by Crippen LogP contribution is -2.42. The number of nitrogens with one attached hydrogen (secondary N) is 1. The number of primary amides is 1. The summed E-state index contributed by atoms with van der Waals surface area (Å²) in [6, 6.07) is -0.724. The third-order valence-electron chi connectivity index (χ3n) is 1.43. The van der Waals surface area contributed by atoms with Gasteiger partial charge in [0.1, 0.15) is 6.04 Å². The second-order valence-corrected chi connectivity index (χ2v) is 2.46. The fourth-order valence-corrected chi connectivity index (χ4v) is 0.667. The molecular weight excluding hydrogens is 174 g/mol. The maximum Gasteiger partial charge on any atom is 0.289 e. The van der Waals surface area contributed by atoms with E-state index in [1.54, 1.807) is 0 Å². The van der Waals surface area contributed by atoms with Gasteiger partial charge in [-0.2, -0.15) is 0 Å². The molecule has 0 aliphatic heterocycles. The van der Waals surface area contributed by atoms with Crippen LogP contribution in [0.25, 0.3) is 0 Å². The van der Waals surface area contributed by atoms with E-state index in [0.29, 0.717) is 0 Å². The van der Waals surface area contributed by atoms with Crippen LogP contribution in [0.2, 0.25) is 0 Å². The molecule has 0 saturated heterocycles. The zero-order valence-corrected chi connectivity index (χ0v) is 6.98. The normalized spacial score (nSPS) is 12.1. The summed E-state index contributed by atoms with van der Waals surface area (Å²) < 4.78 is 4.70. The fourth-order valence-electron chi connectivity index (χ4n) is 0.667. The predicted octanol–water partition coefficient (Wildman–Crippen LogP) is -0.722. The zero-order valence-electron chi connectivity index (χ0n) is 6.98. The highest BCUT2D eigenvalue weighted by Gasteiger charge is 2.15. The summed E-state index contributed by atoms with van der Waals surface area (Å²) in [6.45, 7) is 1.48. The number of rotatable bonds is 3. The Morgan fingerprint density at radius 1 is 1.69 bits per heavy atom. The van der Waals surface area contributed by atoms with Crippen molar-refractivity contribution in [3.8, 4) is 0 Å². The number of nitrogens with two attached hydrogens (primary N) is 1. The standard InChI is InChI=1S/C7H9N3O3/c1-4(6(8)11)10-7(12)5-2-9-3-13-5/h2-4H,1H3,(H2,8,11)(H,10,12). The molecule has 1 heterocycles. The van der Waals surface area contributed by atoms with Gasteiger partial charge in [-0.3, -0.25) is 9.59 Å². The number of aromatic nitrogens is 1. The van der Waals surface area contributed by atoms with E-state index in [0.717, 1.165) is 6.39 Å². The van der Waals surface area contributed by atoms with Gasteiger partial charge in [-0.1, -0.05) is 0 Å². The molecule has 0 fully saturated rings. The molecule has 70 valence electrons. The molecule has 0 aliphatic carbocycles. The van der Waals surface area contributed by atoms with Crippen molar-refractivity contribution in [1.82, 2.24) is 10.3 Å². The number of carbonyl (C=O) groups excluding carboxylic acids is 2. The summed E-state index contributed by atoms with van der Waals surface area (Å²) in [5.74, 6) is -1.07. The number of amides is 2. The number of hydrogen-bond acceptors (Lipinski definition) is 4. The topological polar surface area (TPSA) is 98.2 Å². The van der Waals surface area contributed by atoms with Crippen LogP contribution in [0.15, 0.2) is 17.0 Å². The highest BCUT2D eigenvalue weighted by atomic mass is 16.3. The fraction of sp³-hybridized carbons (Fsp3) is 0.286. The molecule has 0 aliphatic rings. The van der Waals surface area contributed by atoms with E-state index >= 15 is 0 Å². The Morgan fingerprint density at radius 2 is 2.38 bits per heavy atom. The lowest BCUT2D eigenvalue weighted by atomic mass is 10.3. The highest BCUT2D eigenvalue weighted by Crippen LogP contribution is 1.96. The van der Waals surface area contributed by atoms with E-state index < -0.39 is 17.9 Å². The smallest absolute Gasteiger partial charge is 0.289 e. The minimum Gasteiger partial charge on any atom is -0.438 e. The third kappa shape index (κ3) is 2.29. The lowest BCUT2D eigenvalue weighted by molar-refractivity contribution is -0.119. The molecule has 1 aromatic heterocycles. The maximum atomic E-state index is 11.2.